The molecule has 3 aromatic rings. The van der Waals surface area contributed by atoms with Gasteiger partial charge in [-0.25, -0.2) is 9.59 Å². The van der Waals surface area contributed by atoms with Crippen LogP contribution in [0.1, 0.15) is 23.6 Å². The normalized spacial score (nSPS) is 10.9. The van der Waals surface area contributed by atoms with Gasteiger partial charge >= 0.3 is 11.9 Å². The number of ether oxygens (including phenoxy) is 4. The molecular weight excluding hydrogens is 776 g/mol. The van der Waals surface area contributed by atoms with E-state index in [1.807, 2.05) is 42.5 Å². The summed E-state index contributed by atoms with van der Waals surface area (Å²) in [5, 5.41) is 0. The molecule has 0 amide bonds. The Kier molecular flexibility index (Phi) is 12.0. The summed E-state index contributed by atoms with van der Waals surface area (Å²) in [6, 6.07) is 17.9. The van der Waals surface area contributed by atoms with Gasteiger partial charge < -0.3 is 18.9 Å². The lowest BCUT2D eigenvalue weighted by Gasteiger charge is -2.33. The Labute approximate surface area is 267 Å². The number of esters is 2. The van der Waals surface area contributed by atoms with Crippen LogP contribution in [0, 0.1) is 0 Å². The lowest BCUT2D eigenvalue weighted by atomic mass is 9.71. The van der Waals surface area contributed by atoms with Gasteiger partial charge in [0.05, 0.1) is 17.9 Å². The minimum absolute atomic E-state index is 0.118. The van der Waals surface area contributed by atoms with Crippen LogP contribution in [0.2, 0.25) is 0 Å². The Morgan fingerprint density at radius 1 is 0.700 bits per heavy atom. The number of benzene rings is 3. The molecule has 210 valence electrons. The Hall–Kier alpha value is -2.40. The van der Waals surface area contributed by atoms with Gasteiger partial charge in [-0.1, -0.05) is 55.6 Å². The zero-order chi connectivity index (χ0) is 29.3. The van der Waals surface area contributed by atoms with Crippen molar-refractivity contribution >= 4 is 75.7 Å². The van der Waals surface area contributed by atoms with Crippen molar-refractivity contribution < 1.29 is 28.5 Å². The minimum atomic E-state index is -0.639. The summed E-state index contributed by atoms with van der Waals surface area (Å²) in [5.74, 6) is -0.0425. The largest absolute Gasteiger partial charge is 0.480 e. The number of carbonyl (C=O) groups is 2. The van der Waals surface area contributed by atoms with E-state index in [0.717, 1.165) is 16.7 Å². The highest BCUT2D eigenvalue weighted by atomic mass is 79.9. The lowest BCUT2D eigenvalue weighted by molar-refractivity contribution is -0.145. The van der Waals surface area contributed by atoms with Gasteiger partial charge in [0.2, 0.25) is 0 Å². The molecule has 0 spiro atoms. The quantitative estimate of drug-likeness (QED) is 0.0985. The van der Waals surface area contributed by atoms with Crippen molar-refractivity contribution in [3.63, 3.8) is 0 Å². The first kappa shape index (κ1) is 32.1. The molecule has 0 N–H and O–H groups in total. The molecule has 3 aromatic carbocycles. The second-order valence-corrected chi connectivity index (χ2v) is 12.0. The molecule has 6 nitrogen and oxygen atoms in total. The molecule has 0 aliphatic rings. The molecule has 0 atom stereocenters. The van der Waals surface area contributed by atoms with Crippen molar-refractivity contribution in [1.29, 1.82) is 0 Å². The van der Waals surface area contributed by atoms with Crippen LogP contribution < -0.4 is 9.47 Å². The van der Waals surface area contributed by atoms with Crippen LogP contribution in [0.3, 0.4) is 0 Å². The number of hydrogen-bond acceptors (Lipinski definition) is 6. The van der Waals surface area contributed by atoms with E-state index in [2.05, 4.69) is 95.9 Å². The van der Waals surface area contributed by atoms with Gasteiger partial charge in [0.25, 0.3) is 0 Å². The van der Waals surface area contributed by atoms with Crippen molar-refractivity contribution in [2.75, 3.05) is 26.4 Å². The summed E-state index contributed by atoms with van der Waals surface area (Å²) in [5.41, 5.74) is 2.29. The van der Waals surface area contributed by atoms with Crippen LogP contribution in [0.5, 0.6) is 11.5 Å². The lowest BCUT2D eigenvalue weighted by Crippen LogP contribution is -2.26. The molecule has 0 heterocycles. The van der Waals surface area contributed by atoms with Crippen LogP contribution in [-0.2, 0) is 24.5 Å². The van der Waals surface area contributed by atoms with Crippen LogP contribution in [0.25, 0.3) is 0 Å². The van der Waals surface area contributed by atoms with Crippen molar-refractivity contribution in [2.45, 2.75) is 12.3 Å². The summed E-state index contributed by atoms with van der Waals surface area (Å²) < 4.78 is 24.2. The Morgan fingerprint density at radius 2 is 1.07 bits per heavy atom. The van der Waals surface area contributed by atoms with Crippen molar-refractivity contribution in [1.82, 2.24) is 0 Å². The third kappa shape index (κ3) is 7.87. The van der Waals surface area contributed by atoms with Crippen LogP contribution in [0.15, 0.2) is 97.8 Å². The molecule has 0 unspecified atom stereocenters. The maximum Gasteiger partial charge on any atom is 0.344 e. The molecule has 0 saturated carbocycles. The summed E-state index contributed by atoms with van der Waals surface area (Å²) in [6.07, 6.45) is 2.99. The topological polar surface area (TPSA) is 71.1 Å². The maximum absolute atomic E-state index is 11.9. The number of halogens is 4. The molecule has 40 heavy (non-hydrogen) atoms. The second kappa shape index (κ2) is 15.0. The maximum atomic E-state index is 11.9. The first-order valence-corrected chi connectivity index (χ1v) is 15.1. The molecule has 3 rings (SSSR count). The molecule has 0 radical (unpaired) electrons. The van der Waals surface area contributed by atoms with Crippen LogP contribution in [0.4, 0.5) is 0 Å². The number of hydrogen-bond donors (Lipinski definition) is 0. The third-order valence-corrected chi connectivity index (χ3v) is 8.25. The van der Waals surface area contributed by atoms with Gasteiger partial charge in [-0.15, -0.1) is 0 Å². The van der Waals surface area contributed by atoms with E-state index in [0.29, 0.717) is 29.4 Å². The van der Waals surface area contributed by atoms with E-state index in [-0.39, 0.29) is 26.4 Å². The average Bonchev–Trinajstić information content (AvgIpc) is 2.93. The van der Waals surface area contributed by atoms with E-state index in [1.54, 1.807) is 0 Å². The summed E-state index contributed by atoms with van der Waals surface area (Å²) in [6.45, 7) is 8.93. The van der Waals surface area contributed by atoms with E-state index in [1.165, 1.54) is 12.2 Å². The Bertz CT molecular complexity index is 1260. The summed E-state index contributed by atoms with van der Waals surface area (Å²) in [7, 11) is 0. The standard InChI is InChI=1S/C30H26Br4O6/c1-4-11-37-26(35)17-39-28-22(31)13-20(14-23(28)32)30(3,19-9-7-6-8-10-19)21-15-24(33)29(25(34)16-21)40-18-27(36)38-12-5-2/h4-10,13-16H,1-2,11-12,17-18H2,3H3. The smallest absolute Gasteiger partial charge is 0.344 e. The molecule has 0 aliphatic heterocycles. The SMILES string of the molecule is C=CCOC(=O)COc1c(Br)cc(C(C)(c2ccccc2)c2cc(Br)c(OCC(=O)OCC=C)c(Br)c2)cc1Br. The van der Waals surface area contributed by atoms with Gasteiger partial charge in [0.15, 0.2) is 13.2 Å². The second-order valence-electron chi connectivity index (χ2n) is 8.55. The molecule has 0 fully saturated rings. The van der Waals surface area contributed by atoms with Crippen LogP contribution >= 0.6 is 63.7 Å². The highest BCUT2D eigenvalue weighted by Gasteiger charge is 2.34. The monoisotopic (exact) mass is 798 g/mol. The van der Waals surface area contributed by atoms with Crippen molar-refractivity contribution in [3.05, 3.63) is 114 Å². The predicted octanol–water partition coefficient (Wildman–Crippen LogP) is 8.31. The van der Waals surface area contributed by atoms with E-state index in [4.69, 9.17) is 18.9 Å². The molecule has 0 aliphatic carbocycles. The fourth-order valence-corrected chi connectivity index (χ4v) is 6.72. The predicted molar refractivity (Wildman–Crippen MR) is 169 cm³/mol. The highest BCUT2D eigenvalue weighted by Crippen LogP contribution is 2.47. The summed E-state index contributed by atoms with van der Waals surface area (Å²) >= 11 is 14.5. The molecular formula is C30H26Br4O6. The van der Waals surface area contributed by atoms with Gasteiger partial charge in [-0.05, 0) is 112 Å². The van der Waals surface area contributed by atoms with E-state index >= 15 is 0 Å². The highest BCUT2D eigenvalue weighted by molar-refractivity contribution is 9.11. The zero-order valence-electron chi connectivity index (χ0n) is 21.6. The van der Waals surface area contributed by atoms with Gasteiger partial charge in [0.1, 0.15) is 24.7 Å². The summed E-state index contributed by atoms with van der Waals surface area (Å²) in [4.78, 5) is 23.9. The minimum Gasteiger partial charge on any atom is -0.480 e. The molecule has 0 aromatic heterocycles. The third-order valence-electron chi connectivity index (χ3n) is 5.90. The number of rotatable bonds is 13. The Balaban J connectivity index is 2.01. The first-order valence-electron chi connectivity index (χ1n) is 11.9. The van der Waals surface area contributed by atoms with Gasteiger partial charge in [-0.2, -0.15) is 0 Å². The van der Waals surface area contributed by atoms with E-state index < -0.39 is 17.4 Å². The van der Waals surface area contributed by atoms with Gasteiger partial charge in [-0.3, -0.25) is 0 Å². The first-order chi connectivity index (χ1) is 19.1. The fraction of sp³-hybridized carbons (Fsp3) is 0.200. The van der Waals surface area contributed by atoms with Crippen molar-refractivity contribution in [3.8, 4) is 11.5 Å². The Morgan fingerprint density at radius 3 is 1.43 bits per heavy atom. The number of carbonyl (C=O) groups excluding carboxylic acids is 2. The fourth-order valence-electron chi connectivity index (χ4n) is 3.89. The molecule has 10 heteroatoms. The van der Waals surface area contributed by atoms with Gasteiger partial charge in [0, 0.05) is 5.41 Å². The molecule has 0 saturated heterocycles. The van der Waals surface area contributed by atoms with Crippen molar-refractivity contribution in [2.24, 2.45) is 0 Å². The average molecular weight is 802 g/mol. The van der Waals surface area contributed by atoms with Crippen LogP contribution in [-0.4, -0.2) is 38.4 Å². The molecule has 0 bridgehead atoms. The van der Waals surface area contributed by atoms with E-state index in [9.17, 15) is 9.59 Å². The zero-order valence-corrected chi connectivity index (χ0v) is 27.9.